The third kappa shape index (κ3) is 5.49. The van der Waals surface area contributed by atoms with Gasteiger partial charge in [0.25, 0.3) is 5.56 Å². The number of aromatic nitrogens is 8. The number of rotatable bonds is 9. The van der Waals surface area contributed by atoms with Crippen molar-refractivity contribution in [2.75, 3.05) is 0 Å². The molecule has 46 heavy (non-hydrogen) atoms. The van der Waals surface area contributed by atoms with Crippen molar-refractivity contribution < 1.29 is 9.63 Å². The second-order valence-electron chi connectivity index (χ2n) is 12.7. The lowest BCUT2D eigenvalue weighted by Crippen LogP contribution is -2.35. The molecule has 236 valence electrons. The molecule has 1 unspecified atom stereocenters. The van der Waals surface area contributed by atoms with E-state index in [1.165, 1.54) is 6.33 Å². The summed E-state index contributed by atoms with van der Waals surface area (Å²) in [5.41, 5.74) is 6.51. The molecule has 0 bridgehead atoms. The minimum absolute atomic E-state index is 0.0364. The van der Waals surface area contributed by atoms with Crippen LogP contribution in [0.15, 0.2) is 75.2 Å². The minimum atomic E-state index is -0.871. The van der Waals surface area contributed by atoms with Crippen molar-refractivity contribution >= 4 is 5.78 Å². The van der Waals surface area contributed by atoms with Crippen LogP contribution in [0.4, 0.5) is 0 Å². The quantitative estimate of drug-likeness (QED) is 0.245. The fourth-order valence-electron chi connectivity index (χ4n) is 6.66. The number of nitrogens with zero attached hydrogens (tertiary/aromatic N) is 7. The monoisotopic (exact) mass is 620 g/mol. The van der Waals surface area contributed by atoms with Crippen LogP contribution in [0.3, 0.4) is 0 Å². The van der Waals surface area contributed by atoms with Gasteiger partial charge in [0.2, 0.25) is 5.78 Å². The summed E-state index contributed by atoms with van der Waals surface area (Å²) in [6.45, 7) is 6.08. The van der Waals surface area contributed by atoms with Gasteiger partial charge in [-0.15, -0.1) is 0 Å². The highest BCUT2D eigenvalue weighted by atomic mass is 16.5. The van der Waals surface area contributed by atoms with Crippen LogP contribution in [0, 0.1) is 0 Å². The van der Waals surface area contributed by atoms with E-state index in [1.807, 2.05) is 68.5 Å². The summed E-state index contributed by atoms with van der Waals surface area (Å²) in [5, 5.41) is 23.4. The van der Waals surface area contributed by atoms with Gasteiger partial charge in [-0.1, -0.05) is 67.0 Å². The fraction of sp³-hybridized carbons (Fsp3) is 0.353. The molecule has 1 aliphatic rings. The van der Waals surface area contributed by atoms with Crippen LogP contribution in [-0.4, -0.2) is 49.8 Å². The Labute approximate surface area is 264 Å². The molecule has 6 aromatic rings. The SMILES string of the molecule is CCCc1c(Cc2ccc(-c3ccccc3-c3noc(=O)[nH]3)cc2)c(=O)n(C2CCc3c(cnn3CC(C)(C)O)C2)c2ncnn12. The zero-order valence-corrected chi connectivity index (χ0v) is 26.1. The van der Waals surface area contributed by atoms with E-state index >= 15 is 0 Å². The number of hydrogen-bond donors (Lipinski definition) is 2. The maximum Gasteiger partial charge on any atom is 0.439 e. The second kappa shape index (κ2) is 11.7. The van der Waals surface area contributed by atoms with Crippen molar-refractivity contribution in [1.29, 1.82) is 0 Å². The molecule has 0 saturated carbocycles. The molecule has 12 heteroatoms. The van der Waals surface area contributed by atoms with Gasteiger partial charge in [0.1, 0.15) is 6.33 Å². The van der Waals surface area contributed by atoms with E-state index in [1.54, 1.807) is 13.8 Å². The first-order valence-electron chi connectivity index (χ1n) is 15.7. The molecule has 0 saturated heterocycles. The van der Waals surface area contributed by atoms with Crippen LogP contribution in [0.2, 0.25) is 0 Å². The van der Waals surface area contributed by atoms with E-state index in [-0.39, 0.29) is 11.6 Å². The Bertz CT molecular complexity index is 2140. The normalized spacial score (nSPS) is 15.0. The molecule has 2 aromatic carbocycles. The Morgan fingerprint density at radius 3 is 2.57 bits per heavy atom. The molecule has 7 rings (SSSR count). The van der Waals surface area contributed by atoms with Crippen molar-refractivity contribution in [2.45, 2.75) is 77.5 Å². The summed E-state index contributed by atoms with van der Waals surface area (Å²) in [6.07, 6.45) is 7.56. The standard InChI is InChI=1S/C34H36N8O4/c1-4-7-29-27(16-21-10-12-22(13-11-21)25-8-5-6-9-26(25)30-38-33(44)46-39-30)31(43)41(32-35-20-37-42(29)32)24-14-15-28-23(17-24)18-36-40(28)19-34(2,3)45/h5-6,8-13,18,20,24,45H,4,7,14-17,19H2,1-3H3,(H,38,39,44). The Morgan fingerprint density at radius 1 is 1.07 bits per heavy atom. The molecule has 1 aliphatic carbocycles. The van der Waals surface area contributed by atoms with Gasteiger partial charge in [0.15, 0.2) is 5.82 Å². The number of hydrogen-bond acceptors (Lipinski definition) is 8. The van der Waals surface area contributed by atoms with Crippen molar-refractivity contribution in [3.05, 3.63) is 110 Å². The average Bonchev–Trinajstić information content (AvgIpc) is 3.79. The number of nitrogens with one attached hydrogen (secondary N) is 1. The highest BCUT2D eigenvalue weighted by Gasteiger charge is 2.29. The summed E-state index contributed by atoms with van der Waals surface area (Å²) >= 11 is 0. The number of aliphatic hydroxyl groups is 1. The highest BCUT2D eigenvalue weighted by molar-refractivity contribution is 5.80. The summed E-state index contributed by atoms with van der Waals surface area (Å²) in [5.74, 6) is 0.329. The largest absolute Gasteiger partial charge is 0.439 e. The Hall–Kier alpha value is -5.10. The van der Waals surface area contributed by atoms with Crippen molar-refractivity contribution in [2.24, 2.45) is 0 Å². The third-order valence-electron chi connectivity index (χ3n) is 8.69. The van der Waals surface area contributed by atoms with Crippen LogP contribution < -0.4 is 11.3 Å². The lowest BCUT2D eigenvalue weighted by atomic mass is 9.92. The first kappa shape index (κ1) is 29.6. The maximum atomic E-state index is 14.5. The zero-order valence-electron chi connectivity index (χ0n) is 26.1. The Balaban J connectivity index is 1.24. The van der Waals surface area contributed by atoms with E-state index in [0.29, 0.717) is 37.4 Å². The Kier molecular flexibility index (Phi) is 7.52. The second-order valence-corrected chi connectivity index (χ2v) is 12.7. The molecular formula is C34H36N8O4. The van der Waals surface area contributed by atoms with E-state index in [2.05, 4.69) is 32.2 Å². The molecule has 0 spiro atoms. The van der Waals surface area contributed by atoms with Crippen LogP contribution in [0.1, 0.15) is 67.7 Å². The van der Waals surface area contributed by atoms with Crippen LogP contribution >= 0.6 is 0 Å². The number of H-pyrrole nitrogens is 1. The van der Waals surface area contributed by atoms with Gasteiger partial charge in [-0.25, -0.2) is 9.31 Å². The lowest BCUT2D eigenvalue weighted by Gasteiger charge is -2.27. The van der Waals surface area contributed by atoms with Gasteiger partial charge in [-0.3, -0.25) is 23.6 Å². The first-order valence-corrected chi connectivity index (χ1v) is 15.7. The molecule has 0 fully saturated rings. The molecule has 0 radical (unpaired) electrons. The minimum Gasteiger partial charge on any atom is -0.389 e. The van der Waals surface area contributed by atoms with E-state index in [9.17, 15) is 14.7 Å². The van der Waals surface area contributed by atoms with Crippen molar-refractivity contribution in [3.63, 3.8) is 0 Å². The third-order valence-corrected chi connectivity index (χ3v) is 8.69. The summed E-state index contributed by atoms with van der Waals surface area (Å²) in [6, 6.07) is 15.7. The molecule has 12 nitrogen and oxygen atoms in total. The summed E-state index contributed by atoms with van der Waals surface area (Å²) in [4.78, 5) is 33.2. The molecule has 1 atom stereocenters. The lowest BCUT2D eigenvalue weighted by molar-refractivity contribution is 0.0566. The number of aryl methyl sites for hydroxylation is 1. The average molecular weight is 621 g/mol. The molecule has 0 aliphatic heterocycles. The molecular weight excluding hydrogens is 584 g/mol. The van der Waals surface area contributed by atoms with Gasteiger partial charge in [-0.05, 0) is 61.8 Å². The number of fused-ring (bicyclic) bond motifs is 2. The molecule has 2 N–H and O–H groups in total. The van der Waals surface area contributed by atoms with Gasteiger partial charge < -0.3 is 5.11 Å². The number of benzene rings is 2. The van der Waals surface area contributed by atoms with Gasteiger partial charge in [0, 0.05) is 29.3 Å². The van der Waals surface area contributed by atoms with E-state index < -0.39 is 11.4 Å². The van der Waals surface area contributed by atoms with Gasteiger partial charge in [0.05, 0.1) is 24.0 Å². The smallest absolute Gasteiger partial charge is 0.389 e. The summed E-state index contributed by atoms with van der Waals surface area (Å²) < 4.78 is 10.3. The topological polar surface area (TPSA) is 149 Å². The number of aromatic amines is 1. The van der Waals surface area contributed by atoms with Crippen LogP contribution in [-0.2, 0) is 32.2 Å². The Morgan fingerprint density at radius 2 is 1.85 bits per heavy atom. The first-order chi connectivity index (χ1) is 22.2. The molecule has 4 aromatic heterocycles. The molecule has 0 amide bonds. The van der Waals surface area contributed by atoms with Crippen molar-refractivity contribution in [3.8, 4) is 22.5 Å². The van der Waals surface area contributed by atoms with Gasteiger partial charge >= 0.3 is 5.76 Å². The van der Waals surface area contributed by atoms with Crippen LogP contribution in [0.5, 0.6) is 0 Å². The maximum absolute atomic E-state index is 14.5. The van der Waals surface area contributed by atoms with E-state index in [0.717, 1.165) is 64.0 Å². The predicted octanol–water partition coefficient (Wildman–Crippen LogP) is 4.14. The van der Waals surface area contributed by atoms with Crippen molar-refractivity contribution in [1.82, 2.24) is 39.1 Å². The van der Waals surface area contributed by atoms with Gasteiger partial charge in [-0.2, -0.15) is 15.2 Å². The van der Waals surface area contributed by atoms with E-state index in [4.69, 9.17) is 4.52 Å². The highest BCUT2D eigenvalue weighted by Crippen LogP contribution is 2.32. The summed E-state index contributed by atoms with van der Waals surface area (Å²) in [7, 11) is 0. The van der Waals surface area contributed by atoms with Crippen LogP contribution in [0.25, 0.3) is 28.3 Å². The molecule has 4 heterocycles. The zero-order chi connectivity index (χ0) is 32.0. The fourth-order valence-corrected chi connectivity index (χ4v) is 6.66. The predicted molar refractivity (Wildman–Crippen MR) is 172 cm³/mol.